The summed E-state index contributed by atoms with van der Waals surface area (Å²) in [4.78, 5) is 6.91. The van der Waals surface area contributed by atoms with Crippen LogP contribution in [0.5, 0.6) is 0 Å². The first-order chi connectivity index (χ1) is 7.57. The van der Waals surface area contributed by atoms with E-state index in [2.05, 4.69) is 42.0 Å². The molecule has 0 amide bonds. The van der Waals surface area contributed by atoms with Crippen LogP contribution in [-0.4, -0.2) is 30.2 Å². The van der Waals surface area contributed by atoms with Gasteiger partial charge in [-0.1, -0.05) is 26.0 Å². The normalized spacial score (nSPS) is 25.4. The van der Waals surface area contributed by atoms with E-state index in [0.29, 0.717) is 6.04 Å². The summed E-state index contributed by atoms with van der Waals surface area (Å²) in [7, 11) is 0. The van der Waals surface area contributed by atoms with Gasteiger partial charge in [-0.15, -0.1) is 0 Å². The number of allylic oxidation sites excluding steroid dienone is 3. The molecule has 0 radical (unpaired) electrons. The summed E-state index contributed by atoms with van der Waals surface area (Å²) in [6, 6.07) is 0.374. The van der Waals surface area contributed by atoms with Gasteiger partial charge >= 0.3 is 0 Å². The molecule has 0 atom stereocenters. The van der Waals surface area contributed by atoms with E-state index in [1.54, 1.807) is 0 Å². The first-order valence-electron chi connectivity index (χ1n) is 6.02. The van der Waals surface area contributed by atoms with Crippen LogP contribution in [0.25, 0.3) is 0 Å². The van der Waals surface area contributed by atoms with Crippen molar-refractivity contribution in [2.24, 2.45) is 16.1 Å². The van der Waals surface area contributed by atoms with Crippen LogP contribution in [0.4, 0.5) is 0 Å². The van der Waals surface area contributed by atoms with E-state index in [-0.39, 0.29) is 5.41 Å². The van der Waals surface area contributed by atoms with Gasteiger partial charge in [-0.2, -0.15) is 0 Å². The topological polar surface area (TPSA) is 41.6 Å². The van der Waals surface area contributed by atoms with Crippen LogP contribution in [-0.2, 0) is 0 Å². The molecule has 0 aromatic rings. The molecule has 0 aromatic carbocycles. The minimum absolute atomic E-state index is 0.0600. The largest absolute Gasteiger partial charge is 0.357 e. The lowest BCUT2D eigenvalue weighted by molar-refractivity contribution is 0.262. The number of hydrogen-bond acceptors (Lipinski definition) is 3. The molecule has 3 nitrogen and oxygen atoms in total. The molecule has 16 heavy (non-hydrogen) atoms. The minimum Gasteiger partial charge on any atom is -0.357 e. The maximum absolute atomic E-state index is 5.90. The second kappa shape index (κ2) is 4.42. The number of aliphatic imine (C=N–C) groups is 1. The molecule has 2 N–H and O–H groups in total. The zero-order valence-corrected chi connectivity index (χ0v) is 10.2. The molecule has 2 aliphatic rings. The highest BCUT2D eigenvalue weighted by Gasteiger charge is 2.19. The lowest BCUT2D eigenvalue weighted by Crippen LogP contribution is -2.38. The van der Waals surface area contributed by atoms with E-state index >= 15 is 0 Å². The van der Waals surface area contributed by atoms with Crippen molar-refractivity contribution in [3.05, 3.63) is 24.0 Å². The second-order valence-electron chi connectivity index (χ2n) is 5.29. The molecule has 2 heterocycles. The maximum Gasteiger partial charge on any atom is 0.128 e. The number of nitrogens with two attached hydrogens (primary N) is 1. The van der Waals surface area contributed by atoms with E-state index < -0.39 is 0 Å². The third kappa shape index (κ3) is 2.73. The summed E-state index contributed by atoms with van der Waals surface area (Å²) in [6.07, 6.45) is 10.6. The second-order valence-corrected chi connectivity index (χ2v) is 5.29. The molecule has 0 saturated carbocycles. The van der Waals surface area contributed by atoms with Crippen molar-refractivity contribution in [2.45, 2.75) is 32.7 Å². The molecule has 0 unspecified atom stereocenters. The number of rotatable bonds is 1. The molecule has 1 fully saturated rings. The van der Waals surface area contributed by atoms with Crippen molar-refractivity contribution < 1.29 is 0 Å². The van der Waals surface area contributed by atoms with E-state index in [1.165, 1.54) is 0 Å². The van der Waals surface area contributed by atoms with Gasteiger partial charge in [0.25, 0.3) is 0 Å². The third-order valence-corrected chi connectivity index (χ3v) is 3.16. The molecule has 1 saturated heterocycles. The lowest BCUT2D eigenvalue weighted by Gasteiger charge is -2.31. The van der Waals surface area contributed by atoms with Crippen molar-refractivity contribution in [3.8, 4) is 0 Å². The highest BCUT2D eigenvalue weighted by atomic mass is 15.2. The lowest BCUT2D eigenvalue weighted by atomic mass is 9.95. The number of piperidine rings is 1. The quantitative estimate of drug-likeness (QED) is 0.732. The van der Waals surface area contributed by atoms with Gasteiger partial charge in [0.05, 0.1) is 0 Å². The Labute approximate surface area is 97.7 Å². The fourth-order valence-electron chi connectivity index (χ4n) is 2.02. The van der Waals surface area contributed by atoms with E-state index in [9.17, 15) is 0 Å². The molecule has 3 heteroatoms. The zero-order chi connectivity index (χ0) is 11.6. The Morgan fingerprint density at radius 3 is 2.75 bits per heavy atom. The van der Waals surface area contributed by atoms with Crippen molar-refractivity contribution in [1.82, 2.24) is 4.90 Å². The van der Waals surface area contributed by atoms with Gasteiger partial charge in [-0.3, -0.25) is 0 Å². The maximum atomic E-state index is 5.90. The molecule has 0 aliphatic carbocycles. The first kappa shape index (κ1) is 11.4. The third-order valence-electron chi connectivity index (χ3n) is 3.16. The highest BCUT2D eigenvalue weighted by molar-refractivity contribution is 5.69. The summed E-state index contributed by atoms with van der Waals surface area (Å²) in [5.41, 5.74) is 5.96. The first-order valence-corrected chi connectivity index (χ1v) is 6.02. The molecule has 0 spiro atoms. The van der Waals surface area contributed by atoms with Crippen LogP contribution in [0, 0.1) is 5.41 Å². The number of nitrogens with zero attached hydrogens (tertiary/aromatic N) is 2. The summed E-state index contributed by atoms with van der Waals surface area (Å²) in [5, 5.41) is 0. The molecule has 2 rings (SSSR count). The molecular formula is C13H21N3. The van der Waals surface area contributed by atoms with Gasteiger partial charge in [0, 0.05) is 30.8 Å². The predicted octanol–water partition coefficient (Wildman–Crippen LogP) is 1.92. The fourth-order valence-corrected chi connectivity index (χ4v) is 2.02. The summed E-state index contributed by atoms with van der Waals surface area (Å²) >= 11 is 0. The van der Waals surface area contributed by atoms with Crippen LogP contribution < -0.4 is 5.73 Å². The van der Waals surface area contributed by atoms with Gasteiger partial charge in [0.1, 0.15) is 5.82 Å². The molecule has 0 aromatic heterocycles. The highest BCUT2D eigenvalue weighted by Crippen LogP contribution is 2.21. The monoisotopic (exact) mass is 219 g/mol. The average Bonchev–Trinajstić information content (AvgIpc) is 2.41. The Kier molecular flexibility index (Phi) is 3.15. The van der Waals surface area contributed by atoms with Gasteiger partial charge in [0.2, 0.25) is 0 Å². The minimum atomic E-state index is 0.0600. The van der Waals surface area contributed by atoms with Crippen molar-refractivity contribution in [3.63, 3.8) is 0 Å². The Balaban J connectivity index is 2.06. The number of hydrogen-bond donors (Lipinski definition) is 1. The molecule has 2 aliphatic heterocycles. The van der Waals surface area contributed by atoms with Crippen LogP contribution >= 0.6 is 0 Å². The Morgan fingerprint density at radius 1 is 1.38 bits per heavy atom. The Hall–Kier alpha value is -1.09. The molecule has 0 bridgehead atoms. The van der Waals surface area contributed by atoms with Crippen molar-refractivity contribution in [2.75, 3.05) is 13.1 Å². The zero-order valence-electron chi connectivity index (χ0n) is 10.2. The molecular weight excluding hydrogens is 198 g/mol. The fraction of sp³-hybridized carbons (Fsp3) is 0.615. The average molecular weight is 219 g/mol. The van der Waals surface area contributed by atoms with Crippen LogP contribution in [0.2, 0.25) is 0 Å². The number of likely N-dealkylation sites (tertiary alicyclic amines) is 1. The van der Waals surface area contributed by atoms with Crippen LogP contribution in [0.1, 0.15) is 26.7 Å². The van der Waals surface area contributed by atoms with Crippen molar-refractivity contribution in [1.29, 1.82) is 0 Å². The smallest absolute Gasteiger partial charge is 0.128 e. The SMILES string of the molecule is CC1(C)C=CC=C(N2CCC(N)CC2)N=C1. The predicted molar refractivity (Wildman–Crippen MR) is 68.3 cm³/mol. The van der Waals surface area contributed by atoms with Gasteiger partial charge < -0.3 is 10.6 Å². The Bertz CT molecular complexity index is 331. The van der Waals surface area contributed by atoms with Crippen molar-refractivity contribution >= 4 is 6.21 Å². The van der Waals surface area contributed by atoms with Gasteiger partial charge in [0.15, 0.2) is 0 Å². The van der Waals surface area contributed by atoms with E-state index in [1.807, 2.05) is 6.21 Å². The van der Waals surface area contributed by atoms with Crippen LogP contribution in [0.15, 0.2) is 29.0 Å². The van der Waals surface area contributed by atoms with Gasteiger partial charge in [-0.25, -0.2) is 4.99 Å². The van der Waals surface area contributed by atoms with E-state index in [0.717, 1.165) is 31.8 Å². The summed E-state index contributed by atoms with van der Waals surface area (Å²) in [6.45, 7) is 6.38. The summed E-state index contributed by atoms with van der Waals surface area (Å²) < 4.78 is 0. The standard InChI is InChI=1S/C13H21N3/c1-13(2)7-3-4-12(15-10-13)16-8-5-11(14)6-9-16/h3-4,7,10-11H,5-6,8-9,14H2,1-2H3. The van der Waals surface area contributed by atoms with E-state index in [4.69, 9.17) is 5.73 Å². The molecule has 88 valence electrons. The Morgan fingerprint density at radius 2 is 2.06 bits per heavy atom. The van der Waals surface area contributed by atoms with Crippen LogP contribution in [0.3, 0.4) is 0 Å². The summed E-state index contributed by atoms with van der Waals surface area (Å²) in [5.74, 6) is 1.08. The van der Waals surface area contributed by atoms with Gasteiger partial charge in [-0.05, 0) is 18.9 Å².